The monoisotopic (exact) mass is 186 g/mol. The third-order valence-corrected chi connectivity index (χ3v) is 3.21. The minimum atomic E-state index is -0.786. The Morgan fingerprint density at radius 3 is 1.77 bits per heavy atom. The smallest absolute Gasteiger partial charge is 0.310 e. The Morgan fingerprint density at radius 2 is 1.69 bits per heavy atom. The van der Waals surface area contributed by atoms with Gasteiger partial charge >= 0.3 is 5.97 Å². The van der Waals surface area contributed by atoms with Crippen LogP contribution in [0.5, 0.6) is 0 Å². The fraction of sp³-hybridized carbons (Fsp3) is 0.900. The van der Waals surface area contributed by atoms with Crippen molar-refractivity contribution < 1.29 is 15.0 Å². The lowest BCUT2D eigenvalue weighted by atomic mass is 9.49. The van der Waals surface area contributed by atoms with E-state index in [4.69, 9.17) is 5.11 Å². The molecular weight excluding hydrogens is 168 g/mol. The predicted octanol–water partition coefficient (Wildman–Crippen LogP) is 1.65. The largest absolute Gasteiger partial charge is 0.481 e. The highest BCUT2D eigenvalue weighted by atomic mass is 16.4. The molecule has 0 atom stereocenters. The molecule has 0 bridgehead atoms. The van der Waals surface area contributed by atoms with Crippen LogP contribution in [0.25, 0.3) is 0 Å². The summed E-state index contributed by atoms with van der Waals surface area (Å²) in [6, 6.07) is 0. The van der Waals surface area contributed by atoms with Gasteiger partial charge in [0, 0.05) is 0 Å². The molecule has 1 aliphatic carbocycles. The van der Waals surface area contributed by atoms with E-state index in [1.54, 1.807) is 6.92 Å². The SMILES string of the molecule is CC1(O)CC(C(=O)O)(C(C)(C)C)C1. The maximum Gasteiger partial charge on any atom is 0.310 e. The maximum absolute atomic E-state index is 11.1. The van der Waals surface area contributed by atoms with Crippen molar-refractivity contribution in [3.8, 4) is 0 Å². The van der Waals surface area contributed by atoms with Crippen LogP contribution in [0.3, 0.4) is 0 Å². The topological polar surface area (TPSA) is 57.5 Å². The highest BCUT2D eigenvalue weighted by molar-refractivity contribution is 5.77. The fourth-order valence-electron chi connectivity index (χ4n) is 2.25. The molecule has 1 fully saturated rings. The molecule has 0 aliphatic heterocycles. The van der Waals surface area contributed by atoms with Gasteiger partial charge in [-0.15, -0.1) is 0 Å². The van der Waals surface area contributed by atoms with Crippen LogP contribution in [0.15, 0.2) is 0 Å². The van der Waals surface area contributed by atoms with Crippen LogP contribution in [0, 0.1) is 10.8 Å². The van der Waals surface area contributed by atoms with Crippen molar-refractivity contribution in [2.45, 2.75) is 46.1 Å². The van der Waals surface area contributed by atoms with Gasteiger partial charge in [-0.2, -0.15) is 0 Å². The summed E-state index contributed by atoms with van der Waals surface area (Å²) >= 11 is 0. The van der Waals surface area contributed by atoms with E-state index >= 15 is 0 Å². The van der Waals surface area contributed by atoms with E-state index in [2.05, 4.69) is 0 Å². The molecule has 3 nitrogen and oxygen atoms in total. The lowest BCUT2D eigenvalue weighted by Gasteiger charge is -2.55. The summed E-state index contributed by atoms with van der Waals surface area (Å²) in [5, 5.41) is 18.7. The van der Waals surface area contributed by atoms with Crippen LogP contribution < -0.4 is 0 Å². The first kappa shape index (κ1) is 10.5. The van der Waals surface area contributed by atoms with Gasteiger partial charge in [0.1, 0.15) is 0 Å². The van der Waals surface area contributed by atoms with E-state index in [0.717, 1.165) is 0 Å². The zero-order valence-corrected chi connectivity index (χ0v) is 8.72. The molecule has 2 N–H and O–H groups in total. The molecule has 0 amide bonds. The molecule has 13 heavy (non-hydrogen) atoms. The summed E-state index contributed by atoms with van der Waals surface area (Å²) in [5.74, 6) is -0.786. The van der Waals surface area contributed by atoms with E-state index in [1.807, 2.05) is 20.8 Å². The van der Waals surface area contributed by atoms with Crippen molar-refractivity contribution in [3.05, 3.63) is 0 Å². The van der Waals surface area contributed by atoms with Crippen LogP contribution >= 0.6 is 0 Å². The molecule has 0 aromatic carbocycles. The standard InChI is InChI=1S/C10H18O3/c1-8(2,3)10(7(11)12)5-9(4,13)6-10/h13H,5-6H2,1-4H3,(H,11,12). The van der Waals surface area contributed by atoms with Gasteiger partial charge in [-0.05, 0) is 25.2 Å². The lowest BCUT2D eigenvalue weighted by Crippen LogP contribution is -2.60. The summed E-state index contributed by atoms with van der Waals surface area (Å²) in [6.45, 7) is 7.43. The number of aliphatic hydroxyl groups is 1. The van der Waals surface area contributed by atoms with E-state index in [-0.39, 0.29) is 5.41 Å². The minimum absolute atomic E-state index is 0.291. The van der Waals surface area contributed by atoms with E-state index < -0.39 is 17.0 Å². The highest BCUT2D eigenvalue weighted by Crippen LogP contribution is 2.58. The molecule has 1 aliphatic rings. The molecule has 0 heterocycles. The molecule has 76 valence electrons. The first-order chi connectivity index (χ1) is 5.61. The maximum atomic E-state index is 11.1. The summed E-state index contributed by atoms with van der Waals surface area (Å²) < 4.78 is 0. The number of rotatable bonds is 1. The van der Waals surface area contributed by atoms with Gasteiger partial charge in [-0.25, -0.2) is 0 Å². The van der Waals surface area contributed by atoms with Crippen LogP contribution in [-0.2, 0) is 4.79 Å². The third kappa shape index (κ3) is 1.46. The Labute approximate surface area is 78.8 Å². The molecule has 0 unspecified atom stereocenters. The number of carboxylic acid groups (broad SMARTS) is 1. The number of hydrogen-bond acceptors (Lipinski definition) is 2. The molecule has 0 spiro atoms. The van der Waals surface area contributed by atoms with Crippen molar-refractivity contribution in [1.82, 2.24) is 0 Å². The van der Waals surface area contributed by atoms with E-state index in [0.29, 0.717) is 12.8 Å². The molecule has 0 aromatic heterocycles. The van der Waals surface area contributed by atoms with Gasteiger partial charge in [-0.1, -0.05) is 20.8 Å². The summed E-state index contributed by atoms with van der Waals surface area (Å²) in [7, 11) is 0. The van der Waals surface area contributed by atoms with Crippen LogP contribution in [0.2, 0.25) is 0 Å². The number of aliphatic carboxylic acids is 1. The van der Waals surface area contributed by atoms with Gasteiger partial charge in [0.05, 0.1) is 11.0 Å². The second kappa shape index (κ2) is 2.47. The van der Waals surface area contributed by atoms with Crippen molar-refractivity contribution in [3.63, 3.8) is 0 Å². The van der Waals surface area contributed by atoms with Gasteiger partial charge in [0.2, 0.25) is 0 Å². The second-order valence-electron chi connectivity index (χ2n) is 5.49. The molecule has 1 rings (SSSR count). The van der Waals surface area contributed by atoms with Gasteiger partial charge in [0.15, 0.2) is 0 Å². The average molecular weight is 186 g/mol. The Kier molecular flexibility index (Phi) is 2.00. The van der Waals surface area contributed by atoms with Crippen molar-refractivity contribution >= 4 is 5.97 Å². The van der Waals surface area contributed by atoms with Gasteiger partial charge in [-0.3, -0.25) is 4.79 Å². The Morgan fingerprint density at radius 1 is 1.31 bits per heavy atom. The van der Waals surface area contributed by atoms with Crippen molar-refractivity contribution in [2.24, 2.45) is 10.8 Å². The first-order valence-electron chi connectivity index (χ1n) is 4.57. The van der Waals surface area contributed by atoms with E-state index in [1.165, 1.54) is 0 Å². The lowest BCUT2D eigenvalue weighted by molar-refractivity contribution is -0.198. The quantitative estimate of drug-likeness (QED) is 0.654. The van der Waals surface area contributed by atoms with Crippen LogP contribution in [0.4, 0.5) is 0 Å². The van der Waals surface area contributed by atoms with E-state index in [9.17, 15) is 9.90 Å². The summed E-state index contributed by atoms with van der Waals surface area (Å²) in [4.78, 5) is 11.1. The number of carbonyl (C=O) groups is 1. The average Bonchev–Trinajstić information content (AvgIpc) is 1.78. The van der Waals surface area contributed by atoms with Gasteiger partial charge < -0.3 is 10.2 Å². The van der Waals surface area contributed by atoms with Gasteiger partial charge in [0.25, 0.3) is 0 Å². The fourth-order valence-corrected chi connectivity index (χ4v) is 2.25. The highest BCUT2D eigenvalue weighted by Gasteiger charge is 2.61. The first-order valence-corrected chi connectivity index (χ1v) is 4.57. The van der Waals surface area contributed by atoms with Crippen molar-refractivity contribution in [2.75, 3.05) is 0 Å². The number of carboxylic acids is 1. The third-order valence-electron chi connectivity index (χ3n) is 3.21. The summed E-state index contributed by atoms with van der Waals surface area (Å²) in [6.07, 6.45) is 0.720. The second-order valence-corrected chi connectivity index (χ2v) is 5.49. The van der Waals surface area contributed by atoms with Crippen LogP contribution in [-0.4, -0.2) is 21.8 Å². The van der Waals surface area contributed by atoms with Crippen molar-refractivity contribution in [1.29, 1.82) is 0 Å². The summed E-state index contributed by atoms with van der Waals surface area (Å²) in [5.41, 5.74) is -1.82. The molecule has 0 saturated heterocycles. The molecule has 3 heteroatoms. The molecule has 1 saturated carbocycles. The normalized spacial score (nSPS) is 39.8. The molecule has 0 radical (unpaired) electrons. The zero-order valence-electron chi connectivity index (χ0n) is 8.72. The minimum Gasteiger partial charge on any atom is -0.481 e. The Bertz CT molecular complexity index is 227. The molecule has 0 aromatic rings. The van der Waals surface area contributed by atoms with Crippen LogP contribution in [0.1, 0.15) is 40.5 Å². The Balaban J connectivity index is 2.91. The Hall–Kier alpha value is -0.570. The molecular formula is C10H18O3. The predicted molar refractivity (Wildman–Crippen MR) is 49.4 cm³/mol. The number of hydrogen-bond donors (Lipinski definition) is 2. The zero-order chi connectivity index (χ0) is 10.5.